The number of carbonyl (C=O) groups is 1. The topological polar surface area (TPSA) is 64.8 Å². The van der Waals surface area contributed by atoms with Crippen molar-refractivity contribution in [2.75, 3.05) is 4.90 Å². The van der Waals surface area contributed by atoms with Gasteiger partial charge < -0.3 is 14.9 Å². The van der Waals surface area contributed by atoms with Crippen molar-refractivity contribution in [2.45, 2.75) is 51.5 Å². The Labute approximate surface area is 339 Å². The summed E-state index contributed by atoms with van der Waals surface area (Å²) in [5.41, 5.74) is 16.3. The Bertz CT molecular complexity index is 2820. The second kappa shape index (κ2) is 15.3. The molecule has 284 valence electrons. The van der Waals surface area contributed by atoms with Crippen LogP contribution < -0.4 is 4.90 Å². The van der Waals surface area contributed by atoms with Crippen LogP contribution >= 0.6 is 0 Å². The van der Waals surface area contributed by atoms with Crippen molar-refractivity contribution >= 4 is 45.8 Å². The molecule has 6 heterocycles. The Morgan fingerprint density at radius 2 is 0.948 bits per heavy atom. The second-order valence-corrected chi connectivity index (χ2v) is 15.7. The smallest absolute Gasteiger partial charge is 0.233 e. The number of fused-ring (bicyclic) bond motifs is 11. The Hall–Kier alpha value is -6.72. The van der Waals surface area contributed by atoms with Crippen molar-refractivity contribution in [3.63, 3.8) is 0 Å². The standard InChI is InChI=1S/C53H46N4O/c1-2-3-4-5-18-27-39-52-40-34-47(57(52)53(39)58)51(38-25-16-9-17-26-38)46-33-32-45(56-46)50(37-23-14-8-15-24-37)44-31-30-43(55-44)49(36-21-12-7-13-22-36)42-29-28-41(54-42)48(40)35-19-10-6-11-20-35/h6-17,19-26,28-34,39,52,54,56H,2-5,18,27H2,1H3. The highest BCUT2D eigenvalue weighted by atomic mass is 16.2. The van der Waals surface area contributed by atoms with E-state index in [0.717, 1.165) is 103 Å². The van der Waals surface area contributed by atoms with Crippen molar-refractivity contribution in [1.29, 1.82) is 0 Å². The number of anilines is 1. The van der Waals surface area contributed by atoms with Crippen LogP contribution in [0, 0.1) is 5.92 Å². The van der Waals surface area contributed by atoms with Gasteiger partial charge in [-0.15, -0.1) is 0 Å². The number of nitrogens with one attached hydrogen (secondary N) is 2. The Morgan fingerprint density at radius 1 is 0.517 bits per heavy atom. The molecule has 0 radical (unpaired) electrons. The summed E-state index contributed by atoms with van der Waals surface area (Å²) in [5.74, 6) is 0.122. The van der Waals surface area contributed by atoms with Crippen LogP contribution in [-0.4, -0.2) is 20.9 Å². The van der Waals surface area contributed by atoms with Crippen molar-refractivity contribution in [3.05, 3.63) is 169 Å². The summed E-state index contributed by atoms with van der Waals surface area (Å²) in [4.78, 5) is 30.0. The quantitative estimate of drug-likeness (QED) is 0.108. The van der Waals surface area contributed by atoms with Gasteiger partial charge in [0.25, 0.3) is 0 Å². The SMILES string of the molecule is CCCCCCCC1C(=O)N2c3cc(c(-c4ccccc4)c4ccc([nH]4)c(-c4ccccc4)c4nc(c(-c5ccccc5)c5ccc([nH]5)c3-c3ccccc3)C=C4)C12. The number of aromatic nitrogens is 3. The fourth-order valence-electron chi connectivity index (χ4n) is 9.37. The van der Waals surface area contributed by atoms with E-state index < -0.39 is 0 Å². The lowest BCUT2D eigenvalue weighted by Gasteiger charge is -2.45. The zero-order valence-corrected chi connectivity index (χ0v) is 32.8. The van der Waals surface area contributed by atoms with E-state index >= 15 is 0 Å². The summed E-state index contributed by atoms with van der Waals surface area (Å²) in [6.07, 6.45) is 11.0. The first kappa shape index (κ1) is 35.7. The van der Waals surface area contributed by atoms with Gasteiger partial charge in [0, 0.05) is 44.3 Å². The number of amides is 1. The van der Waals surface area contributed by atoms with Crippen molar-refractivity contribution in [1.82, 2.24) is 15.0 Å². The molecule has 2 N–H and O–H groups in total. The van der Waals surface area contributed by atoms with Gasteiger partial charge in [0.15, 0.2) is 0 Å². The van der Waals surface area contributed by atoms with Gasteiger partial charge in [-0.25, -0.2) is 4.98 Å². The van der Waals surface area contributed by atoms with Gasteiger partial charge in [-0.05, 0) is 76.7 Å². The molecule has 8 bridgehead atoms. The predicted octanol–water partition coefficient (Wildman–Crippen LogP) is 13.8. The number of aromatic amines is 2. The van der Waals surface area contributed by atoms with Crippen molar-refractivity contribution in [2.24, 2.45) is 5.92 Å². The first-order valence-corrected chi connectivity index (χ1v) is 20.8. The fourth-order valence-corrected chi connectivity index (χ4v) is 9.37. The van der Waals surface area contributed by atoms with Crippen molar-refractivity contribution in [3.8, 4) is 44.5 Å². The van der Waals surface area contributed by atoms with Crippen LogP contribution in [0.2, 0.25) is 0 Å². The molecule has 5 nitrogen and oxygen atoms in total. The first-order valence-electron chi connectivity index (χ1n) is 20.8. The molecule has 1 fully saturated rings. The summed E-state index contributed by atoms with van der Waals surface area (Å²) in [7, 11) is 0. The lowest BCUT2D eigenvalue weighted by atomic mass is 9.79. The second-order valence-electron chi connectivity index (χ2n) is 15.7. The Kier molecular flexibility index (Phi) is 9.42. The molecule has 1 saturated heterocycles. The molecule has 1 amide bonds. The molecule has 0 aliphatic carbocycles. The molecule has 58 heavy (non-hydrogen) atoms. The third kappa shape index (κ3) is 6.28. The average Bonchev–Trinajstić information content (AvgIpc) is 4.10. The molecule has 2 atom stereocenters. The average molecular weight is 755 g/mol. The van der Waals surface area contributed by atoms with E-state index in [4.69, 9.17) is 4.98 Å². The summed E-state index contributed by atoms with van der Waals surface area (Å²) < 4.78 is 0. The highest BCUT2D eigenvalue weighted by Gasteiger charge is 2.52. The monoisotopic (exact) mass is 754 g/mol. The van der Waals surface area contributed by atoms with Crippen LogP contribution in [0.5, 0.6) is 0 Å². The highest BCUT2D eigenvalue weighted by Crippen LogP contribution is 2.56. The van der Waals surface area contributed by atoms with Crippen LogP contribution in [0.1, 0.15) is 68.4 Å². The number of hydrogen-bond acceptors (Lipinski definition) is 2. The zero-order chi connectivity index (χ0) is 39.0. The molecule has 10 rings (SSSR count). The zero-order valence-electron chi connectivity index (χ0n) is 32.8. The first-order chi connectivity index (χ1) is 28.7. The minimum Gasteiger partial charge on any atom is -0.354 e. The van der Waals surface area contributed by atoms with Gasteiger partial charge in [0.05, 0.1) is 29.0 Å². The summed E-state index contributed by atoms with van der Waals surface area (Å²) in [6.45, 7) is 2.25. The molecular formula is C53H46N4O. The van der Waals surface area contributed by atoms with E-state index in [1.54, 1.807) is 0 Å². The molecule has 2 unspecified atom stereocenters. The summed E-state index contributed by atoms with van der Waals surface area (Å²) in [6, 6.07) is 53.3. The Balaban J connectivity index is 1.35. The van der Waals surface area contributed by atoms with Gasteiger partial charge in [-0.2, -0.15) is 0 Å². The summed E-state index contributed by atoms with van der Waals surface area (Å²) in [5, 5.41) is 0. The molecule has 3 aromatic heterocycles. The third-order valence-electron chi connectivity index (χ3n) is 12.1. The number of benzene rings is 4. The van der Waals surface area contributed by atoms with E-state index in [1.807, 2.05) is 0 Å². The lowest BCUT2D eigenvalue weighted by Crippen LogP contribution is -2.53. The van der Waals surface area contributed by atoms with Gasteiger partial charge in [0.1, 0.15) is 0 Å². The maximum Gasteiger partial charge on any atom is 0.233 e. The van der Waals surface area contributed by atoms with Crippen LogP contribution in [0.4, 0.5) is 5.69 Å². The van der Waals surface area contributed by atoms with Gasteiger partial charge in [-0.1, -0.05) is 160 Å². The molecule has 3 aliphatic rings. The molecule has 0 saturated carbocycles. The molecule has 0 spiro atoms. The maximum absolute atomic E-state index is 14.7. The van der Waals surface area contributed by atoms with Gasteiger partial charge >= 0.3 is 0 Å². The summed E-state index contributed by atoms with van der Waals surface area (Å²) >= 11 is 0. The van der Waals surface area contributed by atoms with Gasteiger partial charge in [0.2, 0.25) is 5.91 Å². The molecule has 5 heteroatoms. The Morgan fingerprint density at radius 3 is 1.45 bits per heavy atom. The molecular weight excluding hydrogens is 709 g/mol. The maximum atomic E-state index is 14.7. The minimum absolute atomic E-state index is 0.0812. The van der Waals surface area contributed by atoms with Crippen molar-refractivity contribution < 1.29 is 4.79 Å². The van der Waals surface area contributed by atoms with Crippen LogP contribution in [0.15, 0.2) is 152 Å². The molecule has 7 aromatic rings. The van der Waals surface area contributed by atoms with E-state index in [-0.39, 0.29) is 17.9 Å². The van der Waals surface area contributed by atoms with E-state index in [1.165, 1.54) is 24.8 Å². The number of carbonyl (C=O) groups excluding carboxylic acids is 1. The van der Waals surface area contributed by atoms with Crippen LogP contribution in [0.3, 0.4) is 0 Å². The highest BCUT2D eigenvalue weighted by molar-refractivity contribution is 6.11. The number of hydrogen-bond donors (Lipinski definition) is 2. The van der Waals surface area contributed by atoms with E-state index in [0.29, 0.717) is 0 Å². The lowest BCUT2D eigenvalue weighted by molar-refractivity contribution is -0.130. The molecule has 3 aliphatic heterocycles. The number of H-pyrrole nitrogens is 2. The number of unbranched alkanes of at least 4 members (excludes halogenated alkanes) is 4. The minimum atomic E-state index is -0.0899. The van der Waals surface area contributed by atoms with Crippen LogP contribution in [-0.2, 0) is 4.79 Å². The van der Waals surface area contributed by atoms with Crippen LogP contribution in [0.25, 0.3) is 78.7 Å². The largest absolute Gasteiger partial charge is 0.354 e. The van der Waals surface area contributed by atoms with Gasteiger partial charge in [-0.3, -0.25) is 4.79 Å². The third-order valence-corrected chi connectivity index (χ3v) is 12.1. The number of rotatable bonds is 10. The number of nitrogens with zero attached hydrogens (tertiary/aromatic N) is 2. The predicted molar refractivity (Wildman–Crippen MR) is 241 cm³/mol. The molecule has 4 aromatic carbocycles. The normalized spacial score (nSPS) is 15.7. The van der Waals surface area contributed by atoms with E-state index in [2.05, 4.69) is 186 Å². The fraction of sp³-hybridized carbons (Fsp3) is 0.170. The number of β-lactam (4-membered cyclic amide) rings is 1. The van der Waals surface area contributed by atoms with E-state index in [9.17, 15) is 4.79 Å².